The number of hydrogen-bond acceptors (Lipinski definition) is 3. The van der Waals surface area contributed by atoms with Crippen molar-refractivity contribution in [3.63, 3.8) is 0 Å². The topological polar surface area (TPSA) is 52.9 Å². The molecule has 0 amide bonds. The first-order valence-electron chi connectivity index (χ1n) is 5.41. The third-order valence-corrected chi connectivity index (χ3v) is 2.33. The lowest BCUT2D eigenvalue weighted by atomic mass is 10.1. The van der Waals surface area contributed by atoms with Crippen LogP contribution in [-0.2, 0) is 0 Å². The standard InChI is InChI=1S/C12H20N2O2/c1-4-5-6-7-11(2)8-9-14(13-16)12(3)10-15/h8,12,15H,6-7,9-10H2,1-3H3/b11-8+. The lowest BCUT2D eigenvalue weighted by Crippen LogP contribution is -2.30. The number of aliphatic hydroxyl groups excluding tert-OH is 1. The highest BCUT2D eigenvalue weighted by Crippen LogP contribution is 2.05. The van der Waals surface area contributed by atoms with E-state index >= 15 is 0 Å². The van der Waals surface area contributed by atoms with Crippen LogP contribution in [0, 0.1) is 16.7 Å². The second-order valence-corrected chi connectivity index (χ2v) is 3.71. The Hall–Kier alpha value is -1.34. The molecular formula is C12H20N2O2. The molecular weight excluding hydrogens is 204 g/mol. The van der Waals surface area contributed by atoms with E-state index in [0.717, 1.165) is 12.8 Å². The Bertz CT molecular complexity index is 289. The van der Waals surface area contributed by atoms with Gasteiger partial charge in [-0.25, -0.2) is 0 Å². The molecule has 1 N–H and O–H groups in total. The zero-order valence-corrected chi connectivity index (χ0v) is 10.2. The first kappa shape index (κ1) is 14.7. The Kier molecular flexibility index (Phi) is 8.18. The fourth-order valence-corrected chi connectivity index (χ4v) is 1.12. The van der Waals surface area contributed by atoms with E-state index in [1.807, 2.05) is 19.9 Å². The van der Waals surface area contributed by atoms with Crippen molar-refractivity contribution in [1.29, 1.82) is 0 Å². The molecule has 0 aromatic rings. The molecule has 0 heterocycles. The molecule has 0 saturated heterocycles. The molecule has 1 unspecified atom stereocenters. The van der Waals surface area contributed by atoms with Crippen molar-refractivity contribution in [3.05, 3.63) is 16.6 Å². The van der Waals surface area contributed by atoms with Gasteiger partial charge in [-0.15, -0.1) is 16.7 Å². The van der Waals surface area contributed by atoms with Gasteiger partial charge < -0.3 is 5.11 Å². The van der Waals surface area contributed by atoms with Crippen molar-refractivity contribution < 1.29 is 5.11 Å². The Morgan fingerprint density at radius 3 is 2.81 bits per heavy atom. The van der Waals surface area contributed by atoms with Crippen molar-refractivity contribution >= 4 is 0 Å². The molecule has 0 bridgehead atoms. The third kappa shape index (κ3) is 6.20. The zero-order chi connectivity index (χ0) is 12.4. The van der Waals surface area contributed by atoms with Gasteiger partial charge in [-0.05, 0) is 27.2 Å². The normalized spacial score (nSPS) is 12.6. The van der Waals surface area contributed by atoms with Gasteiger partial charge >= 0.3 is 0 Å². The highest BCUT2D eigenvalue weighted by Gasteiger charge is 2.09. The molecule has 90 valence electrons. The molecule has 0 aliphatic heterocycles. The van der Waals surface area contributed by atoms with Crippen LogP contribution in [0.15, 0.2) is 16.9 Å². The number of nitrogens with zero attached hydrogens (tertiary/aromatic N) is 2. The summed E-state index contributed by atoms with van der Waals surface area (Å²) >= 11 is 0. The maximum atomic E-state index is 10.5. The van der Waals surface area contributed by atoms with E-state index in [9.17, 15) is 4.91 Å². The quantitative estimate of drug-likeness (QED) is 0.312. The molecule has 4 nitrogen and oxygen atoms in total. The molecule has 0 aromatic heterocycles. The summed E-state index contributed by atoms with van der Waals surface area (Å²) in [7, 11) is 0. The first-order chi connectivity index (χ1) is 7.65. The second-order valence-electron chi connectivity index (χ2n) is 3.71. The van der Waals surface area contributed by atoms with Crippen molar-refractivity contribution in [2.75, 3.05) is 13.2 Å². The molecule has 0 aliphatic carbocycles. The van der Waals surface area contributed by atoms with Gasteiger partial charge in [0.2, 0.25) is 0 Å². The lowest BCUT2D eigenvalue weighted by molar-refractivity contribution is 0.148. The summed E-state index contributed by atoms with van der Waals surface area (Å²) in [6.45, 7) is 5.95. The average Bonchev–Trinajstić information content (AvgIpc) is 2.29. The van der Waals surface area contributed by atoms with Crippen LogP contribution < -0.4 is 0 Å². The highest BCUT2D eigenvalue weighted by atomic mass is 16.3. The minimum atomic E-state index is -0.239. The Morgan fingerprint density at radius 2 is 2.31 bits per heavy atom. The fourth-order valence-electron chi connectivity index (χ4n) is 1.12. The molecule has 0 saturated carbocycles. The predicted molar refractivity (Wildman–Crippen MR) is 65.5 cm³/mol. The third-order valence-electron chi connectivity index (χ3n) is 2.33. The number of hydrogen-bond donors (Lipinski definition) is 1. The molecule has 1 atom stereocenters. The van der Waals surface area contributed by atoms with Crippen LogP contribution in [0.25, 0.3) is 0 Å². The average molecular weight is 224 g/mol. The van der Waals surface area contributed by atoms with Crippen LogP contribution >= 0.6 is 0 Å². The molecule has 4 heteroatoms. The number of nitroso groups, excluding NO2 is 1. The summed E-state index contributed by atoms with van der Waals surface area (Å²) in [6.07, 6.45) is 3.69. The molecule has 16 heavy (non-hydrogen) atoms. The SMILES string of the molecule is CC#CCC/C(C)=C/CN(N=O)C(C)CO. The van der Waals surface area contributed by atoms with Crippen LogP contribution in [0.2, 0.25) is 0 Å². The summed E-state index contributed by atoms with van der Waals surface area (Å²) in [5.74, 6) is 5.82. The van der Waals surface area contributed by atoms with Crippen LogP contribution in [0.4, 0.5) is 0 Å². The Morgan fingerprint density at radius 1 is 1.62 bits per heavy atom. The molecule has 0 aromatic carbocycles. The molecule has 0 radical (unpaired) electrons. The van der Waals surface area contributed by atoms with E-state index in [1.54, 1.807) is 6.92 Å². The molecule has 0 aliphatic rings. The van der Waals surface area contributed by atoms with E-state index in [4.69, 9.17) is 5.11 Å². The maximum absolute atomic E-state index is 10.5. The van der Waals surface area contributed by atoms with Crippen LogP contribution in [-0.4, -0.2) is 29.3 Å². The van der Waals surface area contributed by atoms with Gasteiger partial charge in [-0.1, -0.05) is 11.6 Å². The van der Waals surface area contributed by atoms with Crippen LogP contribution in [0.3, 0.4) is 0 Å². The molecule has 0 fully saturated rings. The lowest BCUT2D eigenvalue weighted by Gasteiger charge is -2.19. The van der Waals surface area contributed by atoms with E-state index in [1.165, 1.54) is 10.6 Å². The van der Waals surface area contributed by atoms with Gasteiger partial charge in [-0.2, -0.15) is 0 Å². The van der Waals surface area contributed by atoms with Gasteiger partial charge in [-0.3, -0.25) is 5.01 Å². The van der Waals surface area contributed by atoms with Gasteiger partial charge in [0, 0.05) is 6.42 Å². The van der Waals surface area contributed by atoms with E-state index in [0.29, 0.717) is 6.54 Å². The summed E-state index contributed by atoms with van der Waals surface area (Å²) in [4.78, 5) is 10.5. The summed E-state index contributed by atoms with van der Waals surface area (Å²) < 4.78 is 0. The van der Waals surface area contributed by atoms with E-state index < -0.39 is 0 Å². The van der Waals surface area contributed by atoms with Crippen molar-refractivity contribution in [2.45, 2.75) is 39.7 Å². The van der Waals surface area contributed by atoms with Crippen LogP contribution in [0.5, 0.6) is 0 Å². The minimum absolute atomic E-state index is 0.0695. The van der Waals surface area contributed by atoms with Gasteiger partial charge in [0.05, 0.1) is 24.5 Å². The minimum Gasteiger partial charge on any atom is -0.394 e. The van der Waals surface area contributed by atoms with Gasteiger partial charge in [0.15, 0.2) is 0 Å². The first-order valence-corrected chi connectivity index (χ1v) is 5.41. The number of rotatable bonds is 7. The molecule has 0 rings (SSSR count). The van der Waals surface area contributed by atoms with E-state index in [-0.39, 0.29) is 12.6 Å². The van der Waals surface area contributed by atoms with Crippen molar-refractivity contribution in [2.24, 2.45) is 5.29 Å². The Labute approximate surface area is 97.3 Å². The maximum Gasteiger partial charge on any atom is 0.0709 e. The summed E-state index contributed by atoms with van der Waals surface area (Å²) in [5.41, 5.74) is 1.18. The molecule has 0 spiro atoms. The fraction of sp³-hybridized carbons (Fsp3) is 0.667. The summed E-state index contributed by atoms with van der Waals surface area (Å²) in [6, 6.07) is -0.239. The van der Waals surface area contributed by atoms with Crippen LogP contribution in [0.1, 0.15) is 33.6 Å². The number of aliphatic hydroxyl groups is 1. The second kappa shape index (κ2) is 8.93. The van der Waals surface area contributed by atoms with Gasteiger partial charge in [0.25, 0.3) is 0 Å². The number of allylic oxidation sites excluding steroid dienone is 1. The predicted octanol–water partition coefficient (Wildman–Crippen LogP) is 2.10. The van der Waals surface area contributed by atoms with E-state index in [2.05, 4.69) is 17.1 Å². The van der Waals surface area contributed by atoms with Crippen molar-refractivity contribution in [3.8, 4) is 11.8 Å². The Balaban J connectivity index is 4.09. The smallest absolute Gasteiger partial charge is 0.0709 e. The summed E-state index contributed by atoms with van der Waals surface area (Å²) in [5, 5.41) is 13.1. The zero-order valence-electron chi connectivity index (χ0n) is 10.2. The monoisotopic (exact) mass is 224 g/mol. The van der Waals surface area contributed by atoms with Gasteiger partial charge in [0.1, 0.15) is 0 Å². The highest BCUT2D eigenvalue weighted by molar-refractivity contribution is 5.04. The largest absolute Gasteiger partial charge is 0.394 e. The van der Waals surface area contributed by atoms with Crippen molar-refractivity contribution in [1.82, 2.24) is 5.01 Å².